The lowest BCUT2D eigenvalue weighted by molar-refractivity contribution is -0.143. The van der Waals surface area contributed by atoms with E-state index in [9.17, 15) is 9.59 Å². The summed E-state index contributed by atoms with van der Waals surface area (Å²) in [6, 6.07) is 4.77. The van der Waals surface area contributed by atoms with Crippen LogP contribution in [0.1, 0.15) is 64.7 Å². The first-order chi connectivity index (χ1) is 12.0. The molecular weight excluding hydrogens is 363 g/mol. The van der Waals surface area contributed by atoms with Gasteiger partial charge in [0, 0.05) is 17.9 Å². The summed E-state index contributed by atoms with van der Waals surface area (Å²) in [5.74, 6) is -0.0561. The van der Waals surface area contributed by atoms with Crippen LogP contribution >= 0.6 is 23.2 Å². The lowest BCUT2D eigenvalue weighted by Gasteiger charge is -2.06. The molecule has 0 fully saturated rings. The highest BCUT2D eigenvalue weighted by Crippen LogP contribution is 2.27. The minimum Gasteiger partial charge on any atom is -0.466 e. The molecule has 0 radical (unpaired) electrons. The lowest BCUT2D eigenvalue weighted by atomic mass is 10.1. The van der Waals surface area contributed by atoms with E-state index in [0.29, 0.717) is 35.2 Å². The van der Waals surface area contributed by atoms with Crippen molar-refractivity contribution in [2.75, 3.05) is 6.61 Å². The van der Waals surface area contributed by atoms with Gasteiger partial charge in [-0.25, -0.2) is 0 Å². The minimum absolute atomic E-state index is 0.106. The Labute approximate surface area is 159 Å². The number of carbonyl (C=O) groups excluding carboxylic acids is 2. The third-order valence-corrected chi connectivity index (χ3v) is 4.13. The van der Waals surface area contributed by atoms with E-state index in [4.69, 9.17) is 32.7 Å². The molecule has 0 N–H and O–H groups in total. The number of carbonyl (C=O) groups is 2. The zero-order chi connectivity index (χ0) is 18.5. The highest BCUT2D eigenvalue weighted by molar-refractivity contribution is 6.35. The Hall–Kier alpha value is -1.26. The molecule has 6 heteroatoms. The van der Waals surface area contributed by atoms with Crippen LogP contribution in [0.5, 0.6) is 5.75 Å². The van der Waals surface area contributed by atoms with Crippen LogP contribution in [-0.4, -0.2) is 18.5 Å². The van der Waals surface area contributed by atoms with Gasteiger partial charge in [-0.1, -0.05) is 55.8 Å². The van der Waals surface area contributed by atoms with E-state index in [1.807, 2.05) is 6.92 Å². The molecule has 0 aliphatic carbocycles. The molecule has 0 aromatic heterocycles. The maximum atomic E-state index is 11.8. The molecule has 0 spiro atoms. The van der Waals surface area contributed by atoms with Crippen molar-refractivity contribution >= 4 is 35.1 Å². The van der Waals surface area contributed by atoms with Gasteiger partial charge in [-0.3, -0.25) is 9.59 Å². The predicted octanol–water partition coefficient (Wildman–Crippen LogP) is 5.97. The number of esters is 2. The number of unbranched alkanes of at least 4 members (excludes halogenated alkanes) is 5. The number of hydrogen-bond acceptors (Lipinski definition) is 4. The first-order valence-corrected chi connectivity index (χ1v) is 9.60. The summed E-state index contributed by atoms with van der Waals surface area (Å²) in [4.78, 5) is 23.1. The first kappa shape index (κ1) is 21.8. The number of ether oxygens (including phenoxy) is 2. The highest BCUT2D eigenvalue weighted by atomic mass is 35.5. The molecule has 0 saturated heterocycles. The summed E-state index contributed by atoms with van der Waals surface area (Å²) < 4.78 is 10.2. The van der Waals surface area contributed by atoms with Crippen molar-refractivity contribution in [3.05, 3.63) is 28.2 Å². The van der Waals surface area contributed by atoms with Gasteiger partial charge in [0.05, 0.1) is 11.6 Å². The fourth-order valence-electron chi connectivity index (χ4n) is 2.27. The summed E-state index contributed by atoms with van der Waals surface area (Å²) in [5, 5.41) is 0.835. The molecule has 25 heavy (non-hydrogen) atoms. The summed E-state index contributed by atoms with van der Waals surface area (Å²) in [5.41, 5.74) is 0. The number of benzene rings is 1. The monoisotopic (exact) mass is 388 g/mol. The van der Waals surface area contributed by atoms with E-state index in [2.05, 4.69) is 0 Å². The lowest BCUT2D eigenvalue weighted by Crippen LogP contribution is -2.07. The maximum absolute atomic E-state index is 11.8. The van der Waals surface area contributed by atoms with E-state index < -0.39 is 0 Å². The summed E-state index contributed by atoms with van der Waals surface area (Å²) in [6.45, 7) is 2.49. The Balaban J connectivity index is 2.02. The molecule has 1 aromatic carbocycles. The predicted molar refractivity (Wildman–Crippen MR) is 100 cm³/mol. The van der Waals surface area contributed by atoms with Gasteiger partial charge in [-0.05, 0) is 37.5 Å². The normalized spacial score (nSPS) is 10.5. The van der Waals surface area contributed by atoms with Crippen molar-refractivity contribution in [1.29, 1.82) is 0 Å². The van der Waals surface area contributed by atoms with Crippen molar-refractivity contribution in [2.24, 2.45) is 0 Å². The molecule has 0 bridgehead atoms. The zero-order valence-corrected chi connectivity index (χ0v) is 16.2. The van der Waals surface area contributed by atoms with Crippen molar-refractivity contribution in [3.63, 3.8) is 0 Å². The number of halogens is 2. The second-order valence-corrected chi connectivity index (χ2v) is 6.73. The SMILES string of the molecule is CCCOC(=O)CCCCCCCCC(=O)Oc1ccc(Cl)cc1Cl. The van der Waals surface area contributed by atoms with Crippen LogP contribution in [0.15, 0.2) is 18.2 Å². The van der Waals surface area contributed by atoms with Crippen LogP contribution < -0.4 is 4.74 Å². The Kier molecular flexibility index (Phi) is 11.3. The first-order valence-electron chi connectivity index (χ1n) is 8.84. The van der Waals surface area contributed by atoms with Gasteiger partial charge in [-0.2, -0.15) is 0 Å². The minimum atomic E-state index is -0.289. The van der Waals surface area contributed by atoms with Crippen LogP contribution in [0.2, 0.25) is 10.0 Å². The van der Waals surface area contributed by atoms with Crippen LogP contribution in [0.25, 0.3) is 0 Å². The molecule has 0 saturated carbocycles. The van der Waals surface area contributed by atoms with Gasteiger partial charge in [0.15, 0.2) is 0 Å². The summed E-state index contributed by atoms with van der Waals surface area (Å²) >= 11 is 11.8. The quantitative estimate of drug-likeness (QED) is 0.251. The van der Waals surface area contributed by atoms with Crippen molar-refractivity contribution in [2.45, 2.75) is 64.7 Å². The van der Waals surface area contributed by atoms with Crippen molar-refractivity contribution in [1.82, 2.24) is 0 Å². The summed E-state index contributed by atoms with van der Waals surface area (Å²) in [7, 11) is 0. The molecular formula is C19H26Cl2O4. The molecule has 0 aliphatic rings. The molecule has 140 valence electrons. The third-order valence-electron chi connectivity index (χ3n) is 3.60. The van der Waals surface area contributed by atoms with Gasteiger partial charge in [0.2, 0.25) is 0 Å². The standard InChI is InChI=1S/C19H26Cl2O4/c1-2-13-24-18(22)9-7-5-3-4-6-8-10-19(23)25-17-12-11-15(20)14-16(17)21/h11-12,14H,2-10,13H2,1H3. The fraction of sp³-hybridized carbons (Fsp3) is 0.579. The molecule has 1 rings (SSSR count). The Morgan fingerprint density at radius 2 is 1.52 bits per heavy atom. The van der Waals surface area contributed by atoms with Crippen LogP contribution in [-0.2, 0) is 14.3 Å². The van der Waals surface area contributed by atoms with E-state index in [0.717, 1.165) is 44.9 Å². The Morgan fingerprint density at radius 1 is 0.920 bits per heavy atom. The molecule has 0 amide bonds. The largest absolute Gasteiger partial charge is 0.466 e. The number of rotatable bonds is 12. The van der Waals surface area contributed by atoms with Crippen LogP contribution in [0.3, 0.4) is 0 Å². The third kappa shape index (κ3) is 10.4. The van der Waals surface area contributed by atoms with Gasteiger partial charge in [-0.15, -0.1) is 0 Å². The van der Waals surface area contributed by atoms with Crippen LogP contribution in [0, 0.1) is 0 Å². The smallest absolute Gasteiger partial charge is 0.311 e. The van der Waals surface area contributed by atoms with E-state index in [-0.39, 0.29) is 11.9 Å². The molecule has 1 aromatic rings. The van der Waals surface area contributed by atoms with E-state index in [1.54, 1.807) is 18.2 Å². The van der Waals surface area contributed by atoms with Gasteiger partial charge in [0.1, 0.15) is 5.75 Å². The topological polar surface area (TPSA) is 52.6 Å². The second-order valence-electron chi connectivity index (χ2n) is 5.89. The molecule has 4 nitrogen and oxygen atoms in total. The van der Waals surface area contributed by atoms with Gasteiger partial charge < -0.3 is 9.47 Å². The average Bonchev–Trinajstić information content (AvgIpc) is 2.58. The Morgan fingerprint density at radius 3 is 2.12 bits per heavy atom. The maximum Gasteiger partial charge on any atom is 0.311 e. The molecule has 0 heterocycles. The molecule has 0 unspecified atom stereocenters. The molecule has 0 aliphatic heterocycles. The summed E-state index contributed by atoms with van der Waals surface area (Å²) in [6.07, 6.45) is 7.42. The van der Waals surface area contributed by atoms with E-state index >= 15 is 0 Å². The van der Waals surface area contributed by atoms with Gasteiger partial charge >= 0.3 is 11.9 Å². The average molecular weight is 389 g/mol. The zero-order valence-electron chi connectivity index (χ0n) is 14.7. The van der Waals surface area contributed by atoms with E-state index in [1.165, 1.54) is 0 Å². The highest BCUT2D eigenvalue weighted by Gasteiger charge is 2.08. The van der Waals surface area contributed by atoms with Crippen LogP contribution in [0.4, 0.5) is 0 Å². The van der Waals surface area contributed by atoms with Crippen molar-refractivity contribution in [3.8, 4) is 5.75 Å². The second kappa shape index (κ2) is 13.0. The van der Waals surface area contributed by atoms with Gasteiger partial charge in [0.25, 0.3) is 0 Å². The Bertz CT molecular complexity index is 546. The number of hydrogen-bond donors (Lipinski definition) is 0. The molecule has 0 atom stereocenters. The van der Waals surface area contributed by atoms with Crippen molar-refractivity contribution < 1.29 is 19.1 Å². The fourth-order valence-corrected chi connectivity index (χ4v) is 2.71.